The van der Waals surface area contributed by atoms with E-state index in [2.05, 4.69) is 0 Å². The van der Waals surface area contributed by atoms with Crippen molar-refractivity contribution < 1.29 is 22.7 Å². The fraction of sp³-hybridized carbons (Fsp3) is 0.0833. The number of alkyl halides is 3. The van der Waals surface area contributed by atoms with Crippen molar-refractivity contribution in [1.29, 1.82) is 0 Å². The van der Waals surface area contributed by atoms with Gasteiger partial charge in [-0.1, -0.05) is 30.3 Å². The van der Waals surface area contributed by atoms with Gasteiger partial charge in [0.15, 0.2) is 0 Å². The average molecular weight is 437 g/mol. The van der Waals surface area contributed by atoms with Crippen molar-refractivity contribution in [3.63, 3.8) is 0 Å². The number of primary amides is 1. The maximum Gasteiger partial charge on any atom is 0.416 e. The third kappa shape index (κ3) is 4.20. The molecule has 1 aromatic heterocycles. The molecule has 0 aliphatic carbocycles. The molecular weight excluding hydrogens is 419 g/mol. The highest BCUT2D eigenvalue weighted by Crippen LogP contribution is 2.34. The second-order valence-electron chi connectivity index (χ2n) is 7.05. The van der Waals surface area contributed by atoms with Crippen LogP contribution in [0.2, 0.25) is 0 Å². The molecule has 2 N–H and O–H groups in total. The molecular formula is C24H18F3N3O2. The summed E-state index contributed by atoms with van der Waals surface area (Å²) in [6.07, 6.45) is -1.60. The zero-order valence-electron chi connectivity index (χ0n) is 16.9. The lowest BCUT2D eigenvalue weighted by Crippen LogP contribution is -2.05. The molecule has 0 spiro atoms. The highest BCUT2D eigenvalue weighted by Gasteiger charge is 2.30. The molecule has 1 heterocycles. The lowest BCUT2D eigenvalue weighted by Gasteiger charge is -2.08. The van der Waals surface area contributed by atoms with Gasteiger partial charge in [0.2, 0.25) is 5.91 Å². The molecule has 0 atom stereocenters. The number of methoxy groups -OCH3 is 1. The second-order valence-corrected chi connectivity index (χ2v) is 7.05. The molecule has 5 nitrogen and oxygen atoms in total. The molecule has 3 aromatic carbocycles. The van der Waals surface area contributed by atoms with Gasteiger partial charge in [-0.3, -0.25) is 4.79 Å². The Morgan fingerprint density at radius 2 is 1.78 bits per heavy atom. The molecule has 0 unspecified atom stereocenters. The van der Waals surface area contributed by atoms with E-state index < -0.39 is 17.6 Å². The SMILES string of the molecule is COc1cc(C=CC(N)=O)cc(-n2nc(-c3ccc(C(F)(F)F)cc3)c3ccccc32)c1. The summed E-state index contributed by atoms with van der Waals surface area (Å²) in [4.78, 5) is 11.1. The minimum absolute atomic E-state index is 0.544. The highest BCUT2D eigenvalue weighted by atomic mass is 19.4. The summed E-state index contributed by atoms with van der Waals surface area (Å²) < 4.78 is 45.9. The molecule has 0 aliphatic heterocycles. The standard InChI is InChI=1S/C24H18F3N3O2/c1-32-19-13-15(6-11-22(28)31)12-18(14-19)30-21-5-3-2-4-20(21)23(29-30)16-7-9-17(10-8-16)24(25,26)27/h2-14H,1H3,(H2,28,31). The third-order valence-electron chi connectivity index (χ3n) is 4.91. The van der Waals surface area contributed by atoms with E-state index in [-0.39, 0.29) is 0 Å². The van der Waals surface area contributed by atoms with E-state index in [1.54, 1.807) is 29.0 Å². The van der Waals surface area contributed by atoms with E-state index in [1.165, 1.54) is 25.3 Å². The molecule has 0 radical (unpaired) electrons. The van der Waals surface area contributed by atoms with Gasteiger partial charge >= 0.3 is 6.18 Å². The Morgan fingerprint density at radius 3 is 2.44 bits per heavy atom. The fourth-order valence-electron chi connectivity index (χ4n) is 3.41. The first-order valence-corrected chi connectivity index (χ1v) is 9.58. The van der Waals surface area contributed by atoms with Crippen molar-refractivity contribution in [3.05, 3.63) is 83.9 Å². The summed E-state index contributed by atoms with van der Waals surface area (Å²) in [5.74, 6) is -0.0363. The van der Waals surface area contributed by atoms with Crippen LogP contribution in [0.25, 0.3) is 33.9 Å². The number of carbonyl (C=O) groups excluding carboxylic acids is 1. The molecule has 0 bridgehead atoms. The molecule has 0 aliphatic rings. The number of hydrogen-bond acceptors (Lipinski definition) is 3. The van der Waals surface area contributed by atoms with Gasteiger partial charge in [0.1, 0.15) is 11.4 Å². The Morgan fingerprint density at radius 1 is 1.06 bits per heavy atom. The predicted octanol–water partition coefficient (Wildman–Crippen LogP) is 5.22. The van der Waals surface area contributed by atoms with Crippen LogP contribution in [0.15, 0.2) is 72.8 Å². The largest absolute Gasteiger partial charge is 0.497 e. The molecule has 0 fully saturated rings. The number of ether oxygens (including phenoxy) is 1. The number of rotatable bonds is 5. The normalized spacial score (nSPS) is 11.9. The number of halogens is 3. The van der Waals surface area contributed by atoms with Crippen LogP contribution in [0.3, 0.4) is 0 Å². The maximum absolute atomic E-state index is 13.0. The highest BCUT2D eigenvalue weighted by molar-refractivity contribution is 5.94. The van der Waals surface area contributed by atoms with E-state index in [4.69, 9.17) is 15.6 Å². The van der Waals surface area contributed by atoms with Crippen molar-refractivity contribution >= 4 is 22.9 Å². The number of hydrogen-bond donors (Lipinski definition) is 1. The summed E-state index contributed by atoms with van der Waals surface area (Å²) in [7, 11) is 1.52. The number of aromatic nitrogens is 2. The van der Waals surface area contributed by atoms with E-state index >= 15 is 0 Å². The Labute approximate surface area is 181 Å². The Kier molecular flexibility index (Phi) is 5.44. The Bertz CT molecular complexity index is 1320. The second kappa shape index (κ2) is 8.22. The molecule has 8 heteroatoms. The lowest BCUT2D eigenvalue weighted by atomic mass is 10.1. The van der Waals surface area contributed by atoms with Crippen LogP contribution >= 0.6 is 0 Å². The van der Waals surface area contributed by atoms with Crippen LogP contribution in [-0.4, -0.2) is 22.8 Å². The van der Waals surface area contributed by atoms with Gasteiger partial charge in [-0.05, 0) is 42.0 Å². The van der Waals surface area contributed by atoms with Crippen molar-refractivity contribution in [2.24, 2.45) is 5.73 Å². The predicted molar refractivity (Wildman–Crippen MR) is 116 cm³/mol. The number of fused-ring (bicyclic) bond motifs is 1. The molecule has 0 saturated heterocycles. The number of nitrogens with two attached hydrogens (primary N) is 1. The maximum atomic E-state index is 13.0. The minimum atomic E-state index is -4.41. The number of benzene rings is 3. The Hall–Kier alpha value is -4.07. The molecule has 0 saturated carbocycles. The minimum Gasteiger partial charge on any atom is -0.497 e. The molecule has 1 amide bonds. The van der Waals surface area contributed by atoms with Gasteiger partial charge in [0, 0.05) is 23.1 Å². The van der Waals surface area contributed by atoms with Crippen molar-refractivity contribution in [3.8, 4) is 22.7 Å². The van der Waals surface area contributed by atoms with E-state index in [0.29, 0.717) is 28.3 Å². The third-order valence-corrected chi connectivity index (χ3v) is 4.91. The average Bonchev–Trinajstić information content (AvgIpc) is 3.17. The van der Waals surface area contributed by atoms with Gasteiger partial charge in [-0.2, -0.15) is 18.3 Å². The number of amides is 1. The van der Waals surface area contributed by atoms with Crippen LogP contribution in [0.4, 0.5) is 13.2 Å². The molecule has 4 aromatic rings. The van der Waals surface area contributed by atoms with Crippen molar-refractivity contribution in [1.82, 2.24) is 9.78 Å². The van der Waals surface area contributed by atoms with Crippen LogP contribution in [0, 0.1) is 0 Å². The number of para-hydroxylation sites is 1. The Balaban J connectivity index is 1.87. The zero-order chi connectivity index (χ0) is 22.9. The van der Waals surface area contributed by atoms with Crippen molar-refractivity contribution in [2.75, 3.05) is 7.11 Å². The zero-order valence-corrected chi connectivity index (χ0v) is 16.9. The fourth-order valence-corrected chi connectivity index (χ4v) is 3.41. The first-order valence-electron chi connectivity index (χ1n) is 9.58. The van der Waals surface area contributed by atoms with Gasteiger partial charge in [0.05, 0.1) is 23.9 Å². The summed E-state index contributed by atoms with van der Waals surface area (Å²) in [5.41, 5.74) is 7.68. The molecule has 162 valence electrons. The van der Waals surface area contributed by atoms with Crippen LogP contribution in [0.5, 0.6) is 5.75 Å². The monoisotopic (exact) mass is 437 g/mol. The molecule has 4 rings (SSSR count). The smallest absolute Gasteiger partial charge is 0.416 e. The van der Waals surface area contributed by atoms with Gasteiger partial charge in [0.25, 0.3) is 0 Å². The van der Waals surface area contributed by atoms with E-state index in [0.717, 1.165) is 23.0 Å². The summed E-state index contributed by atoms with van der Waals surface area (Å²) in [6, 6.07) is 17.7. The van der Waals surface area contributed by atoms with Gasteiger partial charge in [-0.15, -0.1) is 0 Å². The van der Waals surface area contributed by atoms with Crippen molar-refractivity contribution in [2.45, 2.75) is 6.18 Å². The lowest BCUT2D eigenvalue weighted by molar-refractivity contribution is -0.137. The molecule has 32 heavy (non-hydrogen) atoms. The summed E-state index contributed by atoms with van der Waals surface area (Å²) in [5, 5.41) is 5.48. The quantitative estimate of drug-likeness (QED) is 0.435. The number of nitrogens with zero attached hydrogens (tertiary/aromatic N) is 2. The van der Waals surface area contributed by atoms with Crippen LogP contribution in [-0.2, 0) is 11.0 Å². The summed E-state index contributed by atoms with van der Waals surface area (Å²) >= 11 is 0. The van der Waals surface area contributed by atoms with Gasteiger partial charge in [-0.25, -0.2) is 4.68 Å². The van der Waals surface area contributed by atoms with E-state index in [9.17, 15) is 18.0 Å². The topological polar surface area (TPSA) is 70.1 Å². The summed E-state index contributed by atoms with van der Waals surface area (Å²) in [6.45, 7) is 0. The van der Waals surface area contributed by atoms with Gasteiger partial charge < -0.3 is 10.5 Å². The number of carbonyl (C=O) groups is 1. The van der Waals surface area contributed by atoms with Crippen LogP contribution < -0.4 is 10.5 Å². The van der Waals surface area contributed by atoms with Crippen LogP contribution in [0.1, 0.15) is 11.1 Å². The first-order chi connectivity index (χ1) is 15.3. The van der Waals surface area contributed by atoms with E-state index in [1.807, 2.05) is 24.3 Å². The first kappa shape index (κ1) is 21.2.